The van der Waals surface area contributed by atoms with E-state index in [0.717, 1.165) is 16.8 Å². The minimum atomic E-state index is -0.364. The van der Waals surface area contributed by atoms with Crippen molar-refractivity contribution in [2.45, 2.75) is 20.8 Å². The number of anilines is 4. The molecule has 1 heterocycles. The summed E-state index contributed by atoms with van der Waals surface area (Å²) in [5.74, 6) is 0.996. The van der Waals surface area contributed by atoms with Gasteiger partial charge in [-0.1, -0.05) is 35.9 Å². The molecule has 3 N–H and O–H groups in total. The smallest absolute Gasteiger partial charge is 0.324 e. The monoisotopic (exact) mass is 347 g/mol. The van der Waals surface area contributed by atoms with Crippen LogP contribution in [0.1, 0.15) is 16.7 Å². The van der Waals surface area contributed by atoms with Crippen LogP contribution in [0.2, 0.25) is 0 Å². The predicted octanol–water partition coefficient (Wildman–Crippen LogP) is 4.79. The van der Waals surface area contributed by atoms with Gasteiger partial charge in [-0.05, 0) is 56.2 Å². The highest BCUT2D eigenvalue weighted by Crippen LogP contribution is 2.25. The molecule has 2 aromatic carbocycles. The number of amides is 2. The quantitative estimate of drug-likeness (QED) is 0.634. The third kappa shape index (κ3) is 4.36. The van der Waals surface area contributed by atoms with Crippen LogP contribution in [0, 0.1) is 20.8 Å². The zero-order valence-corrected chi connectivity index (χ0v) is 15.0. The van der Waals surface area contributed by atoms with E-state index in [9.17, 15) is 4.79 Å². The van der Waals surface area contributed by atoms with E-state index in [-0.39, 0.29) is 6.03 Å². The van der Waals surface area contributed by atoms with E-state index in [1.54, 1.807) is 12.1 Å². The number of aryl methyl sites for hydroxylation is 3. The van der Waals surface area contributed by atoms with E-state index < -0.39 is 0 Å². The van der Waals surface area contributed by atoms with Crippen molar-refractivity contribution in [3.05, 3.63) is 71.3 Å². The van der Waals surface area contributed by atoms with Gasteiger partial charge in [-0.2, -0.15) is 0 Å². The van der Waals surface area contributed by atoms with Crippen molar-refractivity contribution >= 4 is 29.0 Å². The molecule has 0 unspecified atom stereocenters. The second kappa shape index (κ2) is 7.65. The molecule has 0 aliphatic heterocycles. The predicted molar refractivity (Wildman–Crippen MR) is 105 cm³/mol. The van der Waals surface area contributed by atoms with Crippen molar-refractivity contribution in [2.75, 3.05) is 16.0 Å². The fourth-order valence-corrected chi connectivity index (χ4v) is 2.77. The molecule has 6 heteroatoms. The van der Waals surface area contributed by atoms with Gasteiger partial charge in [-0.15, -0.1) is 10.2 Å². The molecule has 132 valence electrons. The molecule has 1 aromatic heterocycles. The van der Waals surface area contributed by atoms with Gasteiger partial charge >= 0.3 is 6.03 Å². The summed E-state index contributed by atoms with van der Waals surface area (Å²) in [7, 11) is 0. The summed E-state index contributed by atoms with van der Waals surface area (Å²) in [5.41, 5.74) is 5.25. The topological polar surface area (TPSA) is 78.9 Å². The second-order valence-corrected chi connectivity index (χ2v) is 6.15. The SMILES string of the molecule is Cc1cc(C)c(Nc2ccc(NC(=O)Nc3ccccc3)nn2)c(C)c1. The van der Waals surface area contributed by atoms with Crippen LogP contribution in [-0.4, -0.2) is 16.2 Å². The molecule has 0 atom stereocenters. The average molecular weight is 347 g/mol. The van der Waals surface area contributed by atoms with Gasteiger partial charge < -0.3 is 10.6 Å². The number of urea groups is 1. The summed E-state index contributed by atoms with van der Waals surface area (Å²) in [6.07, 6.45) is 0. The van der Waals surface area contributed by atoms with Gasteiger partial charge in [0.15, 0.2) is 11.6 Å². The molecule has 0 radical (unpaired) electrons. The highest BCUT2D eigenvalue weighted by atomic mass is 16.2. The molecule has 6 nitrogen and oxygen atoms in total. The average Bonchev–Trinajstić information content (AvgIpc) is 2.60. The Hall–Kier alpha value is -3.41. The van der Waals surface area contributed by atoms with E-state index in [2.05, 4.69) is 59.1 Å². The number of para-hydroxylation sites is 1. The number of hydrogen-bond donors (Lipinski definition) is 3. The lowest BCUT2D eigenvalue weighted by atomic mass is 10.1. The molecule has 0 aliphatic rings. The van der Waals surface area contributed by atoms with Gasteiger partial charge in [-0.25, -0.2) is 4.79 Å². The minimum absolute atomic E-state index is 0.364. The van der Waals surface area contributed by atoms with Crippen LogP contribution in [0.3, 0.4) is 0 Å². The second-order valence-electron chi connectivity index (χ2n) is 6.15. The lowest BCUT2D eigenvalue weighted by Gasteiger charge is -2.13. The summed E-state index contributed by atoms with van der Waals surface area (Å²) >= 11 is 0. The van der Waals surface area contributed by atoms with Crippen molar-refractivity contribution in [1.82, 2.24) is 10.2 Å². The van der Waals surface area contributed by atoms with Crippen LogP contribution in [-0.2, 0) is 0 Å². The first-order valence-electron chi connectivity index (χ1n) is 8.33. The third-order valence-electron chi connectivity index (χ3n) is 3.87. The first kappa shape index (κ1) is 17.4. The Kier molecular flexibility index (Phi) is 5.12. The van der Waals surface area contributed by atoms with Crippen LogP contribution in [0.5, 0.6) is 0 Å². The van der Waals surface area contributed by atoms with Crippen molar-refractivity contribution in [2.24, 2.45) is 0 Å². The summed E-state index contributed by atoms with van der Waals surface area (Å²) in [6, 6.07) is 16.6. The Morgan fingerprint density at radius 1 is 0.808 bits per heavy atom. The molecule has 3 aromatic rings. The number of benzene rings is 2. The van der Waals surface area contributed by atoms with Crippen LogP contribution in [0.4, 0.5) is 27.8 Å². The van der Waals surface area contributed by atoms with E-state index in [1.165, 1.54) is 5.56 Å². The highest BCUT2D eigenvalue weighted by molar-refractivity contribution is 5.99. The highest BCUT2D eigenvalue weighted by Gasteiger charge is 2.07. The summed E-state index contributed by atoms with van der Waals surface area (Å²) < 4.78 is 0. The number of carbonyl (C=O) groups excluding carboxylic acids is 1. The Morgan fingerprint density at radius 3 is 2.04 bits per heavy atom. The van der Waals surface area contributed by atoms with Crippen molar-refractivity contribution in [3.63, 3.8) is 0 Å². The lowest BCUT2D eigenvalue weighted by Crippen LogP contribution is -2.20. The molecular formula is C20H21N5O. The molecule has 0 fully saturated rings. The van der Waals surface area contributed by atoms with Gasteiger partial charge in [0.1, 0.15) is 0 Å². The number of nitrogens with zero attached hydrogens (tertiary/aromatic N) is 2. The fourth-order valence-electron chi connectivity index (χ4n) is 2.77. The van der Waals surface area contributed by atoms with Crippen LogP contribution in [0.25, 0.3) is 0 Å². The summed E-state index contributed by atoms with van der Waals surface area (Å²) in [5, 5.41) is 16.9. The van der Waals surface area contributed by atoms with E-state index in [0.29, 0.717) is 17.3 Å². The largest absolute Gasteiger partial charge is 0.338 e. The third-order valence-corrected chi connectivity index (χ3v) is 3.87. The number of rotatable bonds is 4. The molecule has 0 bridgehead atoms. The van der Waals surface area contributed by atoms with Crippen LogP contribution < -0.4 is 16.0 Å². The van der Waals surface area contributed by atoms with Crippen LogP contribution in [0.15, 0.2) is 54.6 Å². The molecule has 26 heavy (non-hydrogen) atoms. The molecule has 2 amide bonds. The maximum Gasteiger partial charge on any atom is 0.324 e. The zero-order valence-electron chi connectivity index (χ0n) is 15.0. The maximum atomic E-state index is 12.0. The van der Waals surface area contributed by atoms with Crippen molar-refractivity contribution < 1.29 is 4.79 Å². The Labute approximate surface area is 152 Å². The van der Waals surface area contributed by atoms with E-state index in [4.69, 9.17) is 0 Å². The molecule has 3 rings (SSSR count). The molecule has 0 spiro atoms. The number of nitrogens with one attached hydrogen (secondary N) is 3. The Morgan fingerprint density at radius 2 is 1.42 bits per heavy atom. The standard InChI is InChI=1S/C20H21N5O/c1-13-11-14(2)19(15(3)12-13)22-17-9-10-18(25-24-17)23-20(26)21-16-7-5-4-6-8-16/h4-12H,1-3H3,(H,22,24)(H2,21,23,25,26). The van der Waals surface area contributed by atoms with Gasteiger partial charge in [0.05, 0.1) is 0 Å². The normalized spacial score (nSPS) is 10.3. The minimum Gasteiger partial charge on any atom is -0.338 e. The summed E-state index contributed by atoms with van der Waals surface area (Å²) in [4.78, 5) is 12.0. The number of carbonyl (C=O) groups is 1. The summed E-state index contributed by atoms with van der Waals surface area (Å²) in [6.45, 7) is 6.18. The number of aromatic nitrogens is 2. The molecular weight excluding hydrogens is 326 g/mol. The van der Waals surface area contributed by atoms with Crippen LogP contribution >= 0.6 is 0 Å². The van der Waals surface area contributed by atoms with Gasteiger partial charge in [0, 0.05) is 11.4 Å². The molecule has 0 saturated carbocycles. The van der Waals surface area contributed by atoms with Gasteiger partial charge in [0.2, 0.25) is 0 Å². The Bertz CT molecular complexity index is 884. The van der Waals surface area contributed by atoms with E-state index in [1.807, 2.05) is 30.3 Å². The fraction of sp³-hybridized carbons (Fsp3) is 0.150. The van der Waals surface area contributed by atoms with Crippen molar-refractivity contribution in [1.29, 1.82) is 0 Å². The zero-order chi connectivity index (χ0) is 18.5. The van der Waals surface area contributed by atoms with E-state index >= 15 is 0 Å². The molecule has 0 saturated heterocycles. The molecule has 0 aliphatic carbocycles. The maximum absolute atomic E-state index is 12.0. The lowest BCUT2D eigenvalue weighted by molar-refractivity contribution is 0.262. The van der Waals surface area contributed by atoms with Gasteiger partial charge in [0.25, 0.3) is 0 Å². The van der Waals surface area contributed by atoms with Crippen molar-refractivity contribution in [3.8, 4) is 0 Å². The number of hydrogen-bond acceptors (Lipinski definition) is 4. The Balaban J connectivity index is 1.64. The first-order valence-corrected chi connectivity index (χ1v) is 8.33. The van der Waals surface area contributed by atoms with Gasteiger partial charge in [-0.3, -0.25) is 5.32 Å². The first-order chi connectivity index (χ1) is 12.5.